The fraction of sp³-hybridized carbons (Fsp3) is 0.500. The number of pyridine rings is 1. The summed E-state index contributed by atoms with van der Waals surface area (Å²) in [4.78, 5) is 34.4. The average molecular weight is 468 g/mol. The number of aromatic nitrogens is 1. The molecule has 2 aromatic rings. The summed E-state index contributed by atoms with van der Waals surface area (Å²) in [5, 5.41) is 9.52. The molecule has 0 bridgehead atoms. The number of nitrogens with zero attached hydrogens (tertiary/aromatic N) is 3. The van der Waals surface area contributed by atoms with Crippen LogP contribution < -0.4 is 9.47 Å². The highest BCUT2D eigenvalue weighted by Crippen LogP contribution is 2.32. The van der Waals surface area contributed by atoms with E-state index in [1.54, 1.807) is 34.2 Å². The Bertz CT molecular complexity index is 982. The lowest BCUT2D eigenvalue weighted by atomic mass is 9.99. The van der Waals surface area contributed by atoms with Crippen molar-refractivity contribution in [2.75, 3.05) is 39.4 Å². The summed E-state index contributed by atoms with van der Waals surface area (Å²) in [5.74, 6) is 1.04. The van der Waals surface area contributed by atoms with Crippen molar-refractivity contribution < 1.29 is 24.2 Å². The maximum Gasteiger partial charge on any atom is 0.259 e. The van der Waals surface area contributed by atoms with Crippen molar-refractivity contribution in [1.29, 1.82) is 0 Å². The molecule has 0 radical (unpaired) electrons. The van der Waals surface area contributed by atoms with Gasteiger partial charge in [-0.25, -0.2) is 4.98 Å². The molecule has 8 heteroatoms. The highest BCUT2D eigenvalue weighted by molar-refractivity contribution is 5.98. The third-order valence-corrected chi connectivity index (χ3v) is 6.38. The van der Waals surface area contributed by atoms with E-state index >= 15 is 0 Å². The van der Waals surface area contributed by atoms with Gasteiger partial charge in [0.15, 0.2) is 11.5 Å². The Morgan fingerprint density at radius 2 is 1.85 bits per heavy atom. The van der Waals surface area contributed by atoms with Crippen LogP contribution in [-0.4, -0.2) is 71.1 Å². The van der Waals surface area contributed by atoms with E-state index in [-0.39, 0.29) is 36.8 Å². The maximum absolute atomic E-state index is 13.6. The Kier molecular flexibility index (Phi) is 8.36. The van der Waals surface area contributed by atoms with Gasteiger partial charge in [-0.05, 0) is 55.9 Å². The molecule has 1 N–H and O–H groups in total. The van der Waals surface area contributed by atoms with E-state index in [1.165, 1.54) is 0 Å². The van der Waals surface area contributed by atoms with Gasteiger partial charge in [0, 0.05) is 32.4 Å². The van der Waals surface area contributed by atoms with E-state index in [1.807, 2.05) is 18.2 Å². The van der Waals surface area contributed by atoms with Crippen LogP contribution >= 0.6 is 0 Å². The molecule has 8 nitrogen and oxygen atoms in total. The zero-order valence-corrected chi connectivity index (χ0v) is 19.5. The SMILES string of the molecule is O=C(CN1CCCCCCOc2ccccc2Oc2ncccc2C1=O)N1CCCC(CO)C1. The van der Waals surface area contributed by atoms with E-state index in [0.717, 1.165) is 38.5 Å². The van der Waals surface area contributed by atoms with Crippen molar-refractivity contribution in [2.45, 2.75) is 38.5 Å². The standard InChI is InChI=1S/C26H33N3O5/c30-19-20-9-8-15-28(17-20)24(31)18-29-14-5-1-2-6-16-33-22-11-3-4-12-23(22)34-25-21(26(29)32)10-7-13-27-25/h3-4,7,10-13,20,30H,1-2,5-6,8-9,14-19H2. The largest absolute Gasteiger partial charge is 0.490 e. The average Bonchev–Trinajstić information content (AvgIpc) is 2.87. The molecule has 182 valence electrons. The van der Waals surface area contributed by atoms with Gasteiger partial charge in [-0.2, -0.15) is 0 Å². The van der Waals surface area contributed by atoms with Crippen LogP contribution in [0.15, 0.2) is 42.6 Å². The summed E-state index contributed by atoms with van der Waals surface area (Å²) in [5.41, 5.74) is 0.314. The van der Waals surface area contributed by atoms with E-state index in [4.69, 9.17) is 9.47 Å². The monoisotopic (exact) mass is 467 g/mol. The minimum atomic E-state index is -0.275. The highest BCUT2D eigenvalue weighted by atomic mass is 16.5. The van der Waals surface area contributed by atoms with Gasteiger partial charge in [-0.15, -0.1) is 0 Å². The minimum Gasteiger partial charge on any atom is -0.490 e. The van der Waals surface area contributed by atoms with E-state index in [2.05, 4.69) is 4.98 Å². The third kappa shape index (κ3) is 6.05. The normalized spacial score (nSPS) is 19.8. The van der Waals surface area contributed by atoms with Crippen LogP contribution in [0, 0.1) is 5.92 Å². The van der Waals surface area contributed by atoms with E-state index in [0.29, 0.717) is 43.3 Å². The van der Waals surface area contributed by atoms with E-state index < -0.39 is 0 Å². The summed E-state index contributed by atoms with van der Waals surface area (Å²) in [6.07, 6.45) is 6.98. The van der Waals surface area contributed by atoms with Crippen molar-refractivity contribution in [3.63, 3.8) is 0 Å². The summed E-state index contributed by atoms with van der Waals surface area (Å²) in [6.45, 7) is 2.34. The molecular weight excluding hydrogens is 434 g/mol. The number of aliphatic hydroxyl groups excluding tert-OH is 1. The van der Waals surface area contributed by atoms with Crippen LogP contribution in [0.3, 0.4) is 0 Å². The number of para-hydroxylation sites is 2. The van der Waals surface area contributed by atoms with Gasteiger partial charge in [-0.1, -0.05) is 25.0 Å². The topological polar surface area (TPSA) is 92.2 Å². The Morgan fingerprint density at radius 1 is 1.03 bits per heavy atom. The fourth-order valence-corrected chi connectivity index (χ4v) is 4.46. The summed E-state index contributed by atoms with van der Waals surface area (Å²) >= 11 is 0. The van der Waals surface area contributed by atoms with Crippen molar-refractivity contribution in [2.24, 2.45) is 5.92 Å². The van der Waals surface area contributed by atoms with Gasteiger partial charge >= 0.3 is 0 Å². The second-order valence-electron chi connectivity index (χ2n) is 8.92. The molecule has 0 spiro atoms. The summed E-state index contributed by atoms with van der Waals surface area (Å²) in [6, 6.07) is 10.7. The summed E-state index contributed by atoms with van der Waals surface area (Å²) < 4.78 is 12.0. The predicted octanol–water partition coefficient (Wildman–Crippen LogP) is 3.50. The van der Waals surface area contributed by atoms with Crippen molar-refractivity contribution >= 4 is 11.8 Å². The fourth-order valence-electron chi connectivity index (χ4n) is 4.46. The Hall–Kier alpha value is -3.13. The zero-order valence-electron chi connectivity index (χ0n) is 19.5. The molecule has 1 aromatic carbocycles. The van der Waals surface area contributed by atoms with Gasteiger partial charge in [0.25, 0.3) is 5.91 Å². The highest BCUT2D eigenvalue weighted by Gasteiger charge is 2.28. The first-order valence-corrected chi connectivity index (χ1v) is 12.2. The summed E-state index contributed by atoms with van der Waals surface area (Å²) in [7, 11) is 0. The molecule has 4 rings (SSSR count). The first-order valence-electron chi connectivity index (χ1n) is 12.2. The third-order valence-electron chi connectivity index (χ3n) is 6.38. The molecule has 1 aromatic heterocycles. The molecule has 2 aliphatic heterocycles. The molecule has 3 heterocycles. The number of aliphatic hydroxyl groups is 1. The number of carbonyl (C=O) groups excluding carboxylic acids is 2. The first kappa shape index (κ1) is 24.0. The van der Waals surface area contributed by atoms with Crippen molar-refractivity contribution in [3.05, 3.63) is 48.2 Å². The molecule has 1 saturated heterocycles. The Balaban J connectivity index is 1.58. The second kappa shape index (κ2) is 11.8. The lowest BCUT2D eigenvalue weighted by Crippen LogP contribution is -2.47. The first-order chi connectivity index (χ1) is 16.7. The lowest BCUT2D eigenvalue weighted by Gasteiger charge is -2.33. The van der Waals surface area contributed by atoms with Gasteiger partial charge in [0.2, 0.25) is 11.8 Å². The Labute approximate surface area is 200 Å². The van der Waals surface area contributed by atoms with Crippen LogP contribution in [0.2, 0.25) is 0 Å². The predicted molar refractivity (Wildman–Crippen MR) is 127 cm³/mol. The number of ether oxygens (including phenoxy) is 2. The quantitative estimate of drug-likeness (QED) is 0.743. The van der Waals surface area contributed by atoms with Crippen LogP contribution in [0.1, 0.15) is 48.9 Å². The number of hydrogen-bond acceptors (Lipinski definition) is 6. The number of carbonyl (C=O) groups is 2. The van der Waals surface area contributed by atoms with Gasteiger partial charge in [0.1, 0.15) is 12.1 Å². The lowest BCUT2D eigenvalue weighted by molar-refractivity contribution is -0.134. The van der Waals surface area contributed by atoms with Crippen LogP contribution in [-0.2, 0) is 4.79 Å². The maximum atomic E-state index is 13.6. The van der Waals surface area contributed by atoms with Crippen molar-refractivity contribution in [1.82, 2.24) is 14.8 Å². The number of rotatable bonds is 3. The van der Waals surface area contributed by atoms with Crippen LogP contribution in [0.4, 0.5) is 0 Å². The Morgan fingerprint density at radius 3 is 2.71 bits per heavy atom. The van der Waals surface area contributed by atoms with Crippen LogP contribution in [0.25, 0.3) is 0 Å². The second-order valence-corrected chi connectivity index (χ2v) is 8.92. The number of hydrogen-bond donors (Lipinski definition) is 1. The number of likely N-dealkylation sites (tertiary alicyclic amines) is 1. The number of amides is 2. The molecule has 1 unspecified atom stereocenters. The van der Waals surface area contributed by atoms with Gasteiger partial charge < -0.3 is 24.4 Å². The molecule has 1 atom stereocenters. The minimum absolute atomic E-state index is 0.00497. The van der Waals surface area contributed by atoms with Crippen molar-refractivity contribution in [3.8, 4) is 17.4 Å². The molecule has 1 fully saturated rings. The van der Waals surface area contributed by atoms with E-state index in [9.17, 15) is 14.7 Å². The molecule has 0 saturated carbocycles. The van der Waals surface area contributed by atoms with Gasteiger partial charge in [-0.3, -0.25) is 9.59 Å². The number of benzene rings is 1. The number of fused-ring (bicyclic) bond motifs is 2. The molecule has 0 aliphatic carbocycles. The molecular formula is C26H33N3O5. The van der Waals surface area contributed by atoms with Gasteiger partial charge in [0.05, 0.1) is 6.61 Å². The molecule has 2 amide bonds. The molecule has 2 aliphatic rings. The smallest absolute Gasteiger partial charge is 0.259 e. The molecule has 34 heavy (non-hydrogen) atoms. The zero-order chi connectivity index (χ0) is 23.8. The number of piperidine rings is 1. The van der Waals surface area contributed by atoms with Crippen LogP contribution in [0.5, 0.6) is 17.4 Å².